The Morgan fingerprint density at radius 2 is 1.39 bits per heavy atom. The molecule has 0 amide bonds. The molecule has 28 heavy (non-hydrogen) atoms. The number of alkyl halides is 6. The number of benzene rings is 2. The molecule has 2 atom stereocenters. The summed E-state index contributed by atoms with van der Waals surface area (Å²) in [5, 5.41) is 13.2. The van der Waals surface area contributed by atoms with Gasteiger partial charge in [-0.1, -0.05) is 30.3 Å². The molecule has 4 N–H and O–H groups in total. The lowest BCUT2D eigenvalue weighted by Gasteiger charge is -2.28. The third-order valence-electron chi connectivity index (χ3n) is 4.23. The van der Waals surface area contributed by atoms with Crippen molar-refractivity contribution in [3.8, 4) is 0 Å². The van der Waals surface area contributed by atoms with Gasteiger partial charge in [-0.05, 0) is 36.2 Å². The number of halogens is 6. The fourth-order valence-corrected chi connectivity index (χ4v) is 2.79. The molecular weight excluding hydrogens is 386 g/mol. The summed E-state index contributed by atoms with van der Waals surface area (Å²) in [7, 11) is 0. The minimum atomic E-state index is -4.91. The second-order valence-electron chi connectivity index (χ2n) is 6.75. The summed E-state index contributed by atoms with van der Waals surface area (Å²) in [5.41, 5.74) is 2.16. The lowest BCUT2D eigenvalue weighted by atomic mass is 9.91. The van der Waals surface area contributed by atoms with Crippen molar-refractivity contribution in [1.29, 1.82) is 0 Å². The Balaban J connectivity index is 2.13. The van der Waals surface area contributed by atoms with Gasteiger partial charge in [-0.2, -0.15) is 26.3 Å². The maximum atomic E-state index is 12.9. The zero-order valence-corrected chi connectivity index (χ0v) is 14.9. The molecule has 2 aromatic rings. The van der Waals surface area contributed by atoms with Crippen molar-refractivity contribution >= 4 is 0 Å². The number of hydrogen-bond donors (Lipinski definition) is 3. The molecular formula is C19H20F6N2O. The van der Waals surface area contributed by atoms with Crippen LogP contribution in [0.15, 0.2) is 48.5 Å². The molecule has 0 bridgehead atoms. The van der Waals surface area contributed by atoms with E-state index in [2.05, 4.69) is 5.32 Å². The molecule has 3 nitrogen and oxygen atoms in total. The molecule has 0 aromatic heterocycles. The van der Waals surface area contributed by atoms with Crippen LogP contribution in [0.3, 0.4) is 0 Å². The molecule has 2 unspecified atom stereocenters. The van der Waals surface area contributed by atoms with E-state index in [-0.39, 0.29) is 24.6 Å². The van der Waals surface area contributed by atoms with Crippen molar-refractivity contribution in [1.82, 2.24) is 5.32 Å². The highest BCUT2D eigenvalue weighted by Crippen LogP contribution is 2.36. The van der Waals surface area contributed by atoms with E-state index < -0.39 is 35.2 Å². The summed E-state index contributed by atoms with van der Waals surface area (Å²) >= 11 is 0. The van der Waals surface area contributed by atoms with Gasteiger partial charge in [0.1, 0.15) is 0 Å². The van der Waals surface area contributed by atoms with Gasteiger partial charge in [0.25, 0.3) is 0 Å². The molecule has 0 spiro atoms. The average Bonchev–Trinajstić information content (AvgIpc) is 2.58. The number of rotatable bonds is 6. The molecule has 2 aromatic carbocycles. The summed E-state index contributed by atoms with van der Waals surface area (Å²) in [6, 6.07) is 9.96. The average molecular weight is 406 g/mol. The van der Waals surface area contributed by atoms with E-state index in [4.69, 9.17) is 5.73 Å². The molecule has 0 aliphatic rings. The van der Waals surface area contributed by atoms with E-state index in [0.717, 1.165) is 0 Å². The van der Waals surface area contributed by atoms with Gasteiger partial charge in [0, 0.05) is 13.0 Å². The van der Waals surface area contributed by atoms with E-state index in [9.17, 15) is 31.4 Å². The van der Waals surface area contributed by atoms with Crippen LogP contribution in [0.5, 0.6) is 0 Å². The fourth-order valence-electron chi connectivity index (χ4n) is 2.79. The normalized spacial score (nSPS) is 15.9. The van der Waals surface area contributed by atoms with Crippen molar-refractivity contribution in [3.05, 3.63) is 70.8 Å². The Labute approximate surface area is 158 Å². The number of nitrogens with two attached hydrogens (primary N) is 1. The van der Waals surface area contributed by atoms with Crippen molar-refractivity contribution < 1.29 is 31.4 Å². The van der Waals surface area contributed by atoms with Crippen LogP contribution in [0.2, 0.25) is 0 Å². The standard InChI is InChI=1S/C19H20F6N2O/c1-17(28,13-5-3-2-4-6-13)10-16(26)27-11-12-7-14(18(20,21)22)9-15(8-12)19(23,24)25/h2-9,16,27-28H,10-11,26H2,1H3. The van der Waals surface area contributed by atoms with Crippen LogP contribution in [-0.2, 0) is 24.5 Å². The van der Waals surface area contributed by atoms with Crippen molar-refractivity contribution in [2.75, 3.05) is 0 Å². The van der Waals surface area contributed by atoms with Gasteiger partial charge in [0.05, 0.1) is 22.9 Å². The van der Waals surface area contributed by atoms with Crippen LogP contribution in [0.4, 0.5) is 26.3 Å². The summed E-state index contributed by atoms with van der Waals surface area (Å²) in [6.45, 7) is 1.20. The molecule has 0 fully saturated rings. The predicted molar refractivity (Wildman–Crippen MR) is 91.9 cm³/mol. The quantitative estimate of drug-likeness (QED) is 0.493. The zero-order chi connectivity index (χ0) is 21.2. The Morgan fingerprint density at radius 3 is 1.86 bits per heavy atom. The highest BCUT2D eigenvalue weighted by molar-refractivity contribution is 5.33. The van der Waals surface area contributed by atoms with Crippen LogP contribution >= 0.6 is 0 Å². The second kappa shape index (κ2) is 8.10. The van der Waals surface area contributed by atoms with Gasteiger partial charge >= 0.3 is 12.4 Å². The molecule has 154 valence electrons. The van der Waals surface area contributed by atoms with Gasteiger partial charge in [-0.15, -0.1) is 0 Å². The summed E-state index contributed by atoms with van der Waals surface area (Å²) < 4.78 is 77.4. The summed E-state index contributed by atoms with van der Waals surface area (Å²) in [6.07, 6.45) is -10.7. The molecule has 0 heterocycles. The maximum Gasteiger partial charge on any atom is 0.416 e. The number of nitrogens with one attached hydrogen (secondary N) is 1. The SMILES string of the molecule is CC(O)(CC(N)NCc1cc(C(F)(F)F)cc(C(F)(F)F)c1)c1ccccc1. The fraction of sp³-hybridized carbons (Fsp3) is 0.368. The lowest BCUT2D eigenvalue weighted by Crippen LogP contribution is -2.42. The highest BCUT2D eigenvalue weighted by atomic mass is 19.4. The first-order valence-corrected chi connectivity index (χ1v) is 8.34. The van der Waals surface area contributed by atoms with Crippen LogP contribution in [0, 0.1) is 0 Å². The third-order valence-corrected chi connectivity index (χ3v) is 4.23. The first-order valence-electron chi connectivity index (χ1n) is 8.34. The van der Waals surface area contributed by atoms with Crippen LogP contribution < -0.4 is 11.1 Å². The lowest BCUT2D eigenvalue weighted by molar-refractivity contribution is -0.143. The van der Waals surface area contributed by atoms with Gasteiger partial charge in [0.2, 0.25) is 0 Å². The Kier molecular flexibility index (Phi) is 6.42. The van der Waals surface area contributed by atoms with Crippen molar-refractivity contribution in [2.45, 2.75) is 44.0 Å². The predicted octanol–water partition coefficient (Wildman–Crippen LogP) is 4.40. The monoisotopic (exact) mass is 406 g/mol. The Morgan fingerprint density at radius 1 is 0.893 bits per heavy atom. The highest BCUT2D eigenvalue weighted by Gasteiger charge is 2.37. The minimum Gasteiger partial charge on any atom is -0.385 e. The van der Waals surface area contributed by atoms with Crippen LogP contribution in [0.25, 0.3) is 0 Å². The van der Waals surface area contributed by atoms with Crippen LogP contribution in [-0.4, -0.2) is 11.3 Å². The van der Waals surface area contributed by atoms with E-state index >= 15 is 0 Å². The van der Waals surface area contributed by atoms with Crippen LogP contribution in [0.1, 0.15) is 35.6 Å². The van der Waals surface area contributed by atoms with Gasteiger partial charge < -0.3 is 10.8 Å². The molecule has 2 rings (SSSR count). The third kappa shape index (κ3) is 5.95. The largest absolute Gasteiger partial charge is 0.416 e. The second-order valence-corrected chi connectivity index (χ2v) is 6.75. The van der Waals surface area contributed by atoms with Gasteiger partial charge in [-0.3, -0.25) is 5.32 Å². The molecule has 0 saturated carbocycles. The first kappa shape index (κ1) is 22.2. The van der Waals surface area contributed by atoms with E-state index in [1.54, 1.807) is 30.3 Å². The zero-order valence-electron chi connectivity index (χ0n) is 14.9. The Hall–Kier alpha value is -2.10. The topological polar surface area (TPSA) is 58.3 Å². The van der Waals surface area contributed by atoms with E-state index in [1.165, 1.54) is 6.92 Å². The summed E-state index contributed by atoms with van der Waals surface area (Å²) in [4.78, 5) is 0. The van der Waals surface area contributed by atoms with Crippen molar-refractivity contribution in [3.63, 3.8) is 0 Å². The first-order chi connectivity index (χ1) is 12.8. The van der Waals surface area contributed by atoms with Gasteiger partial charge in [0.15, 0.2) is 0 Å². The molecule has 9 heteroatoms. The molecule has 0 saturated heterocycles. The number of aliphatic hydroxyl groups is 1. The summed E-state index contributed by atoms with van der Waals surface area (Å²) in [5.74, 6) is 0. The molecule has 0 radical (unpaired) electrons. The Bertz CT molecular complexity index is 755. The van der Waals surface area contributed by atoms with Gasteiger partial charge in [-0.25, -0.2) is 0 Å². The molecule has 0 aliphatic heterocycles. The smallest absolute Gasteiger partial charge is 0.385 e. The van der Waals surface area contributed by atoms with Crippen molar-refractivity contribution in [2.24, 2.45) is 5.73 Å². The van der Waals surface area contributed by atoms with E-state index in [1.807, 2.05) is 0 Å². The van der Waals surface area contributed by atoms with E-state index in [0.29, 0.717) is 17.7 Å². The minimum absolute atomic E-state index is 0.00209. The number of hydrogen-bond acceptors (Lipinski definition) is 3. The maximum absolute atomic E-state index is 12.9. The molecule has 0 aliphatic carbocycles.